The third-order valence-corrected chi connectivity index (χ3v) is 6.42. The molecule has 7 nitrogen and oxygen atoms in total. The van der Waals surface area contributed by atoms with Gasteiger partial charge in [-0.1, -0.05) is 18.2 Å². The van der Waals surface area contributed by atoms with Crippen LogP contribution in [0.15, 0.2) is 60.8 Å². The lowest BCUT2D eigenvalue weighted by Crippen LogP contribution is -2.51. The van der Waals surface area contributed by atoms with Gasteiger partial charge in [-0.15, -0.1) is 10.2 Å². The number of benzene rings is 2. The topological polar surface area (TPSA) is 85.1 Å². The van der Waals surface area contributed by atoms with E-state index in [4.69, 9.17) is 4.74 Å². The first-order valence-electron chi connectivity index (χ1n) is 10.8. The van der Waals surface area contributed by atoms with Crippen LogP contribution in [0.4, 0.5) is 4.39 Å². The molecule has 4 heterocycles. The van der Waals surface area contributed by atoms with Gasteiger partial charge in [0.15, 0.2) is 6.17 Å². The maximum atomic E-state index is 14.6. The van der Waals surface area contributed by atoms with Crippen molar-refractivity contribution in [1.82, 2.24) is 25.3 Å². The summed E-state index contributed by atoms with van der Waals surface area (Å²) in [6.07, 6.45) is 2.70. The lowest BCUT2D eigenvalue weighted by atomic mass is 10.0. The van der Waals surface area contributed by atoms with E-state index in [1.807, 2.05) is 30.3 Å². The minimum absolute atomic E-state index is 0.0730. The maximum absolute atomic E-state index is 14.6. The Morgan fingerprint density at radius 1 is 1.06 bits per heavy atom. The van der Waals surface area contributed by atoms with Gasteiger partial charge in [-0.25, -0.2) is 9.07 Å². The van der Waals surface area contributed by atoms with Crippen LogP contribution in [0, 0.1) is 0 Å². The molecule has 0 radical (unpaired) electrons. The van der Waals surface area contributed by atoms with E-state index in [0.717, 1.165) is 29.4 Å². The number of piperidine rings is 1. The van der Waals surface area contributed by atoms with Crippen molar-refractivity contribution in [2.75, 3.05) is 0 Å². The molecular formula is C24H22FN5O2. The molecule has 162 valence electrons. The summed E-state index contributed by atoms with van der Waals surface area (Å²) in [5, 5.41) is 27.7. The van der Waals surface area contributed by atoms with E-state index in [-0.39, 0.29) is 11.8 Å². The third-order valence-electron chi connectivity index (χ3n) is 6.42. The molecule has 0 saturated carbocycles. The van der Waals surface area contributed by atoms with Crippen LogP contribution in [0.5, 0.6) is 11.6 Å². The van der Waals surface area contributed by atoms with Crippen LogP contribution in [0.1, 0.15) is 19.3 Å². The number of nitrogens with zero attached hydrogens (tertiary/aromatic N) is 4. The van der Waals surface area contributed by atoms with Crippen molar-refractivity contribution >= 4 is 10.9 Å². The Balaban J connectivity index is 1.22. The zero-order chi connectivity index (χ0) is 21.7. The number of rotatable bonds is 4. The number of phenols is 1. The number of hydrogen-bond donors (Lipinski definition) is 2. The number of alkyl halides is 1. The highest BCUT2D eigenvalue weighted by atomic mass is 19.1. The first-order valence-corrected chi connectivity index (χ1v) is 10.8. The van der Waals surface area contributed by atoms with Crippen molar-refractivity contribution in [3.05, 3.63) is 60.8 Å². The first-order chi connectivity index (χ1) is 15.7. The second-order valence-corrected chi connectivity index (χ2v) is 8.46. The molecule has 2 saturated heterocycles. The highest BCUT2D eigenvalue weighted by Gasteiger charge is 2.43. The molecule has 2 aliphatic heterocycles. The molecule has 2 fully saturated rings. The molecule has 0 aliphatic carbocycles. The third kappa shape index (κ3) is 3.27. The number of nitrogens with one attached hydrogen (secondary N) is 1. The van der Waals surface area contributed by atoms with E-state index in [1.54, 1.807) is 35.1 Å². The van der Waals surface area contributed by atoms with Crippen molar-refractivity contribution in [1.29, 1.82) is 0 Å². The normalized spacial score (nSPS) is 24.7. The molecule has 2 aromatic carbocycles. The number of para-hydroxylation sites is 1. The minimum Gasteiger partial charge on any atom is -0.507 e. The maximum Gasteiger partial charge on any atom is 0.233 e. The fraction of sp³-hybridized carbons (Fsp3) is 0.292. The Hall–Kier alpha value is -3.52. The first kappa shape index (κ1) is 19.2. The summed E-state index contributed by atoms with van der Waals surface area (Å²) in [4.78, 5) is 0. The average molecular weight is 431 g/mol. The number of ether oxygens (including phenoxy) is 1. The standard InChI is InChI=1S/C24H22FN5O2/c25-24-19-8-5-15(27-19)11-22(24)32-23-10-9-18(28-29-23)17-7-6-16(12-21(17)31)30-20-4-2-1-3-14(20)13-26-30/h1-4,6-7,9-10,12-13,15,19,22,24,27,31H,5,8,11H2/t15-,19+,22-,24+/m1/s1. The van der Waals surface area contributed by atoms with Gasteiger partial charge in [-0.05, 0) is 37.1 Å². The number of halogens is 1. The molecule has 8 heteroatoms. The molecule has 2 aliphatic rings. The summed E-state index contributed by atoms with van der Waals surface area (Å²) in [5.74, 6) is 0.366. The molecule has 0 spiro atoms. The minimum atomic E-state index is -1.05. The van der Waals surface area contributed by atoms with E-state index in [0.29, 0.717) is 29.6 Å². The van der Waals surface area contributed by atoms with E-state index in [1.165, 1.54) is 0 Å². The summed E-state index contributed by atoms with van der Waals surface area (Å²) >= 11 is 0. The van der Waals surface area contributed by atoms with Gasteiger partial charge in [0.1, 0.15) is 11.9 Å². The number of hydrogen-bond acceptors (Lipinski definition) is 6. The number of aromatic hydroxyl groups is 1. The van der Waals surface area contributed by atoms with Gasteiger partial charge in [0.2, 0.25) is 5.88 Å². The molecule has 32 heavy (non-hydrogen) atoms. The highest BCUT2D eigenvalue weighted by Crippen LogP contribution is 2.33. The van der Waals surface area contributed by atoms with Crippen LogP contribution < -0.4 is 10.1 Å². The summed E-state index contributed by atoms with van der Waals surface area (Å²) in [5.41, 5.74) is 2.76. The van der Waals surface area contributed by atoms with Gasteiger partial charge in [0, 0.05) is 41.6 Å². The molecule has 2 aromatic heterocycles. The smallest absolute Gasteiger partial charge is 0.233 e. The number of aromatic nitrogens is 4. The lowest BCUT2D eigenvalue weighted by Gasteiger charge is -2.32. The van der Waals surface area contributed by atoms with Gasteiger partial charge in [0.05, 0.1) is 23.1 Å². The van der Waals surface area contributed by atoms with Crippen LogP contribution in [0.2, 0.25) is 0 Å². The fourth-order valence-electron chi connectivity index (χ4n) is 4.80. The fourth-order valence-corrected chi connectivity index (χ4v) is 4.80. The van der Waals surface area contributed by atoms with E-state index in [2.05, 4.69) is 20.6 Å². The predicted octanol–water partition coefficient (Wildman–Crippen LogP) is 3.80. The van der Waals surface area contributed by atoms with Crippen molar-refractivity contribution in [3.63, 3.8) is 0 Å². The van der Waals surface area contributed by atoms with E-state index in [9.17, 15) is 9.50 Å². The van der Waals surface area contributed by atoms with Crippen LogP contribution in [0.3, 0.4) is 0 Å². The van der Waals surface area contributed by atoms with Gasteiger partial charge >= 0.3 is 0 Å². The Labute approximate surface area is 183 Å². The quantitative estimate of drug-likeness (QED) is 0.511. The zero-order valence-corrected chi connectivity index (χ0v) is 17.2. The Morgan fingerprint density at radius 3 is 2.81 bits per heavy atom. The lowest BCUT2D eigenvalue weighted by molar-refractivity contribution is 0.0422. The molecule has 2 bridgehead atoms. The van der Waals surface area contributed by atoms with Gasteiger partial charge in [0.25, 0.3) is 0 Å². The highest BCUT2D eigenvalue weighted by molar-refractivity contribution is 5.80. The average Bonchev–Trinajstić information content (AvgIpc) is 3.43. The number of phenolic OH excluding ortho intramolecular Hbond substituents is 1. The largest absolute Gasteiger partial charge is 0.507 e. The van der Waals surface area contributed by atoms with E-state index >= 15 is 0 Å². The van der Waals surface area contributed by atoms with Gasteiger partial charge in [-0.3, -0.25) is 0 Å². The van der Waals surface area contributed by atoms with Crippen molar-refractivity contribution < 1.29 is 14.2 Å². The Bertz CT molecular complexity index is 1280. The van der Waals surface area contributed by atoms with Gasteiger partial charge < -0.3 is 15.2 Å². The predicted molar refractivity (Wildman–Crippen MR) is 118 cm³/mol. The van der Waals surface area contributed by atoms with Crippen LogP contribution in [0.25, 0.3) is 27.8 Å². The van der Waals surface area contributed by atoms with Crippen LogP contribution >= 0.6 is 0 Å². The molecule has 2 N–H and O–H groups in total. The van der Waals surface area contributed by atoms with Crippen LogP contribution in [-0.4, -0.2) is 49.4 Å². The second kappa shape index (κ2) is 7.56. The van der Waals surface area contributed by atoms with Crippen molar-refractivity contribution in [2.45, 2.75) is 43.6 Å². The SMILES string of the molecule is Oc1cc(-n2ncc3ccccc32)ccc1-c1ccc(O[C@@H]2C[C@H]3CC[C@H](N3)[C@@H]2F)nn1. The molecule has 0 amide bonds. The van der Waals surface area contributed by atoms with Crippen LogP contribution in [-0.2, 0) is 0 Å². The molecule has 4 atom stereocenters. The molecular weight excluding hydrogens is 409 g/mol. The zero-order valence-electron chi connectivity index (χ0n) is 17.2. The van der Waals surface area contributed by atoms with Crippen molar-refractivity contribution in [3.8, 4) is 28.6 Å². The van der Waals surface area contributed by atoms with Crippen molar-refractivity contribution in [2.24, 2.45) is 0 Å². The monoisotopic (exact) mass is 431 g/mol. The molecule has 6 rings (SSSR count). The Morgan fingerprint density at radius 2 is 1.97 bits per heavy atom. The Kier molecular flexibility index (Phi) is 4.53. The second-order valence-electron chi connectivity index (χ2n) is 8.46. The summed E-state index contributed by atoms with van der Waals surface area (Å²) in [7, 11) is 0. The molecule has 0 unspecified atom stereocenters. The summed E-state index contributed by atoms with van der Waals surface area (Å²) in [6.45, 7) is 0. The number of fused-ring (bicyclic) bond motifs is 3. The summed E-state index contributed by atoms with van der Waals surface area (Å²) in [6, 6.07) is 16.8. The van der Waals surface area contributed by atoms with Gasteiger partial charge in [-0.2, -0.15) is 5.10 Å². The molecule has 4 aromatic rings. The summed E-state index contributed by atoms with van der Waals surface area (Å²) < 4.78 is 22.2. The van der Waals surface area contributed by atoms with E-state index < -0.39 is 12.3 Å².